The molecule has 0 bridgehead atoms. The largest absolute Gasteiger partial charge is 0.306 e. The molecule has 1 saturated heterocycles. The van der Waals surface area contributed by atoms with Gasteiger partial charge in [0, 0.05) is 13.1 Å². The lowest BCUT2D eigenvalue weighted by Gasteiger charge is -2.15. The van der Waals surface area contributed by atoms with Gasteiger partial charge in [-0.3, -0.25) is 0 Å². The Kier molecular flexibility index (Phi) is 2.29. The van der Waals surface area contributed by atoms with E-state index in [1.54, 1.807) is 0 Å². The van der Waals surface area contributed by atoms with Crippen molar-refractivity contribution in [3.8, 4) is 0 Å². The highest BCUT2D eigenvalue weighted by Crippen LogP contribution is 2.61. The molecule has 0 aromatic heterocycles. The summed E-state index contributed by atoms with van der Waals surface area (Å²) in [5.74, 6) is 2.06. The minimum Gasteiger partial charge on any atom is -0.306 e. The Hall–Kier alpha value is -0.0400. The van der Waals surface area contributed by atoms with Crippen molar-refractivity contribution in [3.05, 3.63) is 0 Å². The maximum absolute atomic E-state index is 2.45. The molecule has 0 spiro atoms. The van der Waals surface area contributed by atoms with Crippen molar-refractivity contribution in [2.24, 2.45) is 17.3 Å². The van der Waals surface area contributed by atoms with Crippen LogP contribution >= 0.6 is 0 Å². The van der Waals surface area contributed by atoms with E-state index in [2.05, 4.69) is 25.8 Å². The maximum atomic E-state index is 2.45. The summed E-state index contributed by atoms with van der Waals surface area (Å²) in [6, 6.07) is 0. The molecule has 0 radical (unpaired) electrons. The van der Waals surface area contributed by atoms with Crippen LogP contribution in [0.2, 0.25) is 0 Å². The second kappa shape index (κ2) is 2.78. The molecule has 2 fully saturated rings. The van der Waals surface area contributed by atoms with E-state index in [1.165, 1.54) is 13.1 Å². The molecule has 1 aliphatic heterocycles. The molecule has 1 heteroatoms. The molecule has 2 rings (SSSR count). The van der Waals surface area contributed by atoms with Crippen molar-refractivity contribution in [1.29, 1.82) is 0 Å². The molecule has 1 saturated carbocycles. The first-order chi connectivity index (χ1) is 5.12. The average Bonchev–Trinajstić information content (AvgIpc) is 2.34. The zero-order valence-electron chi connectivity index (χ0n) is 8.52. The van der Waals surface area contributed by atoms with Gasteiger partial charge >= 0.3 is 0 Å². The Morgan fingerprint density at radius 2 is 1.45 bits per heavy atom. The van der Waals surface area contributed by atoms with E-state index in [-0.39, 0.29) is 0 Å². The number of rotatable bonds is 0. The lowest BCUT2D eigenvalue weighted by atomic mass is 10.1. The number of hydrogen-bond acceptors (Lipinski definition) is 1. The summed E-state index contributed by atoms with van der Waals surface area (Å²) in [7, 11) is 2.22. The van der Waals surface area contributed by atoms with Gasteiger partial charge in [-0.05, 0) is 24.3 Å². The van der Waals surface area contributed by atoms with E-state index < -0.39 is 0 Å². The number of piperidine rings is 1. The number of likely N-dealkylation sites (tertiary alicyclic amines) is 1. The first-order valence-electron chi connectivity index (χ1n) is 4.81. The average molecular weight is 155 g/mol. The van der Waals surface area contributed by atoms with Gasteiger partial charge < -0.3 is 4.90 Å². The van der Waals surface area contributed by atoms with E-state index in [0.29, 0.717) is 5.41 Å². The summed E-state index contributed by atoms with van der Waals surface area (Å²) in [6.07, 6.45) is 0. The van der Waals surface area contributed by atoms with Crippen molar-refractivity contribution in [2.75, 3.05) is 20.1 Å². The summed E-state index contributed by atoms with van der Waals surface area (Å²) in [6.45, 7) is 11.5. The second-order valence-electron chi connectivity index (χ2n) is 4.26. The zero-order valence-corrected chi connectivity index (χ0v) is 8.52. The normalized spacial score (nSPS) is 39.0. The van der Waals surface area contributed by atoms with Crippen LogP contribution in [0.3, 0.4) is 0 Å². The third-order valence-electron chi connectivity index (χ3n) is 3.30. The molecule has 1 nitrogen and oxygen atoms in total. The van der Waals surface area contributed by atoms with Crippen molar-refractivity contribution in [3.63, 3.8) is 0 Å². The van der Waals surface area contributed by atoms with Gasteiger partial charge in [-0.1, -0.05) is 27.7 Å². The molecule has 0 aromatic carbocycles. The smallest absolute Gasteiger partial charge is 0.00153 e. The predicted molar refractivity (Wildman–Crippen MR) is 49.6 cm³/mol. The fourth-order valence-corrected chi connectivity index (χ4v) is 2.33. The summed E-state index contributed by atoms with van der Waals surface area (Å²) in [5, 5.41) is 0. The van der Waals surface area contributed by atoms with Crippen LogP contribution in [0.1, 0.15) is 27.7 Å². The zero-order chi connectivity index (χ0) is 8.65. The predicted octanol–water partition coefficient (Wildman–Crippen LogP) is 2.23. The summed E-state index contributed by atoms with van der Waals surface area (Å²) < 4.78 is 0. The van der Waals surface area contributed by atoms with Crippen LogP contribution < -0.4 is 0 Å². The van der Waals surface area contributed by atoms with Gasteiger partial charge in [0.05, 0.1) is 0 Å². The number of hydrogen-bond donors (Lipinski definition) is 0. The number of fused-ring (bicyclic) bond motifs is 1. The SMILES string of the molecule is CC.CN1CC2C(C1)C2(C)C. The second-order valence-corrected chi connectivity index (χ2v) is 4.26. The molecule has 1 aliphatic carbocycles. The van der Waals surface area contributed by atoms with Gasteiger partial charge in [-0.25, -0.2) is 0 Å². The molecular weight excluding hydrogens is 134 g/mol. The van der Waals surface area contributed by atoms with Gasteiger partial charge in [0.25, 0.3) is 0 Å². The van der Waals surface area contributed by atoms with Crippen molar-refractivity contribution < 1.29 is 0 Å². The van der Waals surface area contributed by atoms with Crippen LogP contribution in [-0.2, 0) is 0 Å². The lowest BCUT2D eigenvalue weighted by Crippen LogP contribution is -2.21. The van der Waals surface area contributed by atoms with E-state index in [0.717, 1.165) is 11.8 Å². The summed E-state index contributed by atoms with van der Waals surface area (Å²) in [4.78, 5) is 2.45. The van der Waals surface area contributed by atoms with Gasteiger partial charge in [0.2, 0.25) is 0 Å². The van der Waals surface area contributed by atoms with E-state index in [1.807, 2.05) is 13.8 Å². The summed E-state index contributed by atoms with van der Waals surface area (Å²) in [5.41, 5.74) is 0.701. The molecule has 0 amide bonds. The highest BCUT2D eigenvalue weighted by Gasteiger charge is 2.60. The van der Waals surface area contributed by atoms with E-state index >= 15 is 0 Å². The quantitative estimate of drug-likeness (QED) is 0.518. The van der Waals surface area contributed by atoms with Gasteiger partial charge in [0.15, 0.2) is 0 Å². The molecule has 2 atom stereocenters. The van der Waals surface area contributed by atoms with Crippen molar-refractivity contribution in [1.82, 2.24) is 4.90 Å². The Morgan fingerprint density at radius 1 is 1.09 bits per heavy atom. The van der Waals surface area contributed by atoms with Gasteiger partial charge in [-0.2, -0.15) is 0 Å². The Balaban J connectivity index is 0.000000281. The van der Waals surface area contributed by atoms with Crippen molar-refractivity contribution in [2.45, 2.75) is 27.7 Å². The first-order valence-corrected chi connectivity index (χ1v) is 4.81. The molecule has 66 valence electrons. The van der Waals surface area contributed by atoms with Crippen LogP contribution in [0.4, 0.5) is 0 Å². The van der Waals surface area contributed by atoms with Crippen LogP contribution in [-0.4, -0.2) is 25.0 Å². The van der Waals surface area contributed by atoms with Crippen LogP contribution in [0, 0.1) is 17.3 Å². The Bertz CT molecular complexity index is 126. The fraction of sp³-hybridized carbons (Fsp3) is 1.00. The third kappa shape index (κ3) is 1.31. The molecule has 2 aliphatic rings. The van der Waals surface area contributed by atoms with Crippen molar-refractivity contribution >= 4 is 0 Å². The molecule has 11 heavy (non-hydrogen) atoms. The van der Waals surface area contributed by atoms with Crippen LogP contribution in [0.25, 0.3) is 0 Å². The first kappa shape index (κ1) is 9.05. The highest BCUT2D eigenvalue weighted by molar-refractivity contribution is 5.10. The third-order valence-corrected chi connectivity index (χ3v) is 3.30. The molecule has 0 N–H and O–H groups in total. The fourth-order valence-electron chi connectivity index (χ4n) is 2.33. The van der Waals surface area contributed by atoms with Gasteiger partial charge in [0.1, 0.15) is 0 Å². The summed E-state index contributed by atoms with van der Waals surface area (Å²) >= 11 is 0. The minimum atomic E-state index is 0.701. The van der Waals surface area contributed by atoms with Gasteiger partial charge in [-0.15, -0.1) is 0 Å². The van der Waals surface area contributed by atoms with E-state index in [9.17, 15) is 0 Å². The van der Waals surface area contributed by atoms with Crippen LogP contribution in [0.15, 0.2) is 0 Å². The maximum Gasteiger partial charge on any atom is 0.00153 e. The van der Waals surface area contributed by atoms with Crippen LogP contribution in [0.5, 0.6) is 0 Å². The molecule has 0 aromatic rings. The van der Waals surface area contributed by atoms with E-state index in [4.69, 9.17) is 0 Å². The standard InChI is InChI=1S/C8H15N.C2H6/c1-8(2)6-4-9(3)5-7(6)8;1-2/h6-7H,4-5H2,1-3H3;1-2H3. The lowest BCUT2D eigenvalue weighted by molar-refractivity contribution is 0.306. The molecular formula is C10H21N. The number of nitrogens with zero attached hydrogens (tertiary/aromatic N) is 1. The monoisotopic (exact) mass is 155 g/mol. The highest BCUT2D eigenvalue weighted by atomic mass is 15.2. The Morgan fingerprint density at radius 3 is 1.73 bits per heavy atom. The molecule has 2 unspecified atom stereocenters. The Labute approximate surface area is 70.8 Å². The minimum absolute atomic E-state index is 0.701. The topological polar surface area (TPSA) is 3.24 Å². The molecule has 1 heterocycles.